The van der Waals surface area contributed by atoms with Crippen molar-refractivity contribution in [1.29, 1.82) is 0 Å². The lowest BCUT2D eigenvalue weighted by Gasteiger charge is -2.01. The molecule has 0 N–H and O–H groups in total. The van der Waals surface area contributed by atoms with E-state index in [9.17, 15) is 4.79 Å². The van der Waals surface area contributed by atoms with E-state index in [1.54, 1.807) is 12.1 Å². The van der Waals surface area contributed by atoms with Crippen molar-refractivity contribution < 1.29 is 4.79 Å². The van der Waals surface area contributed by atoms with Gasteiger partial charge in [0.05, 0.1) is 0 Å². The number of nitrogens with zero attached hydrogens (tertiary/aromatic N) is 4. The van der Waals surface area contributed by atoms with Crippen molar-refractivity contribution >= 4 is 17.4 Å². The molecule has 82 valence electrons. The summed E-state index contributed by atoms with van der Waals surface area (Å²) in [4.78, 5) is 11.0. The molecule has 1 aromatic heterocycles. The molecule has 0 saturated carbocycles. The Morgan fingerprint density at radius 2 is 2.06 bits per heavy atom. The fraction of sp³-hybridized carbons (Fsp3) is 0.200. The molecule has 0 amide bonds. The van der Waals surface area contributed by atoms with Gasteiger partial charge in [0.2, 0.25) is 0 Å². The van der Waals surface area contributed by atoms with Gasteiger partial charge in [-0.15, -0.1) is 5.10 Å². The van der Waals surface area contributed by atoms with Crippen LogP contribution >= 0.6 is 11.6 Å². The van der Waals surface area contributed by atoms with Crippen molar-refractivity contribution in [2.45, 2.75) is 13.5 Å². The maximum atomic E-state index is 11.0. The van der Waals surface area contributed by atoms with Gasteiger partial charge in [0.25, 0.3) is 0 Å². The molecule has 16 heavy (non-hydrogen) atoms. The van der Waals surface area contributed by atoms with Crippen LogP contribution < -0.4 is 0 Å². The van der Waals surface area contributed by atoms with Gasteiger partial charge in [-0.05, 0) is 41.6 Å². The Labute approximate surface area is 97.0 Å². The summed E-state index contributed by atoms with van der Waals surface area (Å²) < 4.78 is 1.46. The molecule has 6 heteroatoms. The van der Waals surface area contributed by atoms with Crippen LogP contribution in [0.15, 0.2) is 24.3 Å². The summed E-state index contributed by atoms with van der Waals surface area (Å²) in [6.45, 7) is 1.66. The Morgan fingerprint density at radius 3 is 2.69 bits per heavy atom. The van der Waals surface area contributed by atoms with Gasteiger partial charge in [-0.1, -0.05) is 11.6 Å². The van der Waals surface area contributed by atoms with E-state index in [0.29, 0.717) is 10.8 Å². The van der Waals surface area contributed by atoms with Crippen LogP contribution in [-0.4, -0.2) is 26.0 Å². The summed E-state index contributed by atoms with van der Waals surface area (Å²) >= 11 is 5.78. The van der Waals surface area contributed by atoms with E-state index in [1.807, 2.05) is 12.1 Å². The molecule has 0 radical (unpaired) electrons. The molecule has 0 aliphatic carbocycles. The highest BCUT2D eigenvalue weighted by molar-refractivity contribution is 6.30. The van der Waals surface area contributed by atoms with Gasteiger partial charge in [0.1, 0.15) is 6.54 Å². The van der Waals surface area contributed by atoms with Crippen LogP contribution in [0.25, 0.3) is 11.4 Å². The summed E-state index contributed by atoms with van der Waals surface area (Å²) in [7, 11) is 0. The quantitative estimate of drug-likeness (QED) is 0.812. The molecule has 2 rings (SSSR count). The van der Waals surface area contributed by atoms with Gasteiger partial charge in [0.15, 0.2) is 11.6 Å². The number of hydrogen-bond acceptors (Lipinski definition) is 4. The first kappa shape index (κ1) is 10.8. The highest BCUT2D eigenvalue weighted by atomic mass is 35.5. The predicted molar refractivity (Wildman–Crippen MR) is 58.9 cm³/mol. The van der Waals surface area contributed by atoms with Crippen molar-refractivity contribution in [1.82, 2.24) is 20.2 Å². The Kier molecular flexibility index (Phi) is 2.96. The molecule has 0 aliphatic heterocycles. The van der Waals surface area contributed by atoms with E-state index in [4.69, 9.17) is 11.6 Å². The van der Waals surface area contributed by atoms with Crippen LogP contribution in [-0.2, 0) is 11.3 Å². The third-order valence-corrected chi connectivity index (χ3v) is 2.26. The average molecular weight is 237 g/mol. The van der Waals surface area contributed by atoms with E-state index >= 15 is 0 Å². The van der Waals surface area contributed by atoms with Crippen LogP contribution in [0.5, 0.6) is 0 Å². The monoisotopic (exact) mass is 236 g/mol. The van der Waals surface area contributed by atoms with Crippen molar-refractivity contribution in [2.24, 2.45) is 0 Å². The Balaban J connectivity index is 2.36. The topological polar surface area (TPSA) is 60.7 Å². The Hall–Kier alpha value is -1.75. The van der Waals surface area contributed by atoms with Crippen molar-refractivity contribution in [2.75, 3.05) is 0 Å². The maximum absolute atomic E-state index is 11.0. The number of carbonyl (C=O) groups excluding carboxylic acids is 1. The zero-order chi connectivity index (χ0) is 11.5. The molecular formula is C10H9ClN4O. The van der Waals surface area contributed by atoms with E-state index in [1.165, 1.54) is 11.6 Å². The normalized spacial score (nSPS) is 10.4. The molecule has 1 aromatic carbocycles. The summed E-state index contributed by atoms with van der Waals surface area (Å²) in [5, 5.41) is 11.8. The SMILES string of the molecule is CC(=O)Cn1nnnc1-c1ccc(Cl)cc1. The van der Waals surface area contributed by atoms with Gasteiger partial charge in [-0.3, -0.25) is 4.79 Å². The van der Waals surface area contributed by atoms with E-state index < -0.39 is 0 Å². The summed E-state index contributed by atoms with van der Waals surface area (Å²) in [5.74, 6) is 0.564. The fourth-order valence-electron chi connectivity index (χ4n) is 1.33. The molecule has 5 nitrogen and oxygen atoms in total. The van der Waals surface area contributed by atoms with Crippen molar-refractivity contribution in [3.05, 3.63) is 29.3 Å². The zero-order valence-corrected chi connectivity index (χ0v) is 9.35. The molecule has 0 spiro atoms. The second-order valence-electron chi connectivity index (χ2n) is 3.37. The third-order valence-electron chi connectivity index (χ3n) is 2.01. The molecule has 2 aromatic rings. The second-order valence-corrected chi connectivity index (χ2v) is 3.81. The van der Waals surface area contributed by atoms with Gasteiger partial charge in [0, 0.05) is 10.6 Å². The number of aromatic nitrogens is 4. The lowest BCUT2D eigenvalue weighted by atomic mass is 10.2. The van der Waals surface area contributed by atoms with Crippen molar-refractivity contribution in [3.63, 3.8) is 0 Å². The first-order valence-corrected chi connectivity index (χ1v) is 5.06. The molecule has 0 aliphatic rings. The summed E-state index contributed by atoms with van der Waals surface area (Å²) in [6.07, 6.45) is 0. The highest BCUT2D eigenvalue weighted by Crippen LogP contribution is 2.18. The largest absolute Gasteiger partial charge is 0.298 e. The average Bonchev–Trinajstić information content (AvgIpc) is 2.66. The maximum Gasteiger partial charge on any atom is 0.182 e. The molecule has 0 saturated heterocycles. The van der Waals surface area contributed by atoms with Gasteiger partial charge >= 0.3 is 0 Å². The molecular weight excluding hydrogens is 228 g/mol. The smallest absolute Gasteiger partial charge is 0.182 e. The van der Waals surface area contributed by atoms with Crippen LogP contribution in [0.4, 0.5) is 0 Å². The number of Topliss-reactive ketones (excluding diaryl/α,β-unsaturated/α-hetero) is 1. The number of hydrogen-bond donors (Lipinski definition) is 0. The zero-order valence-electron chi connectivity index (χ0n) is 8.59. The van der Waals surface area contributed by atoms with Crippen LogP contribution in [0.3, 0.4) is 0 Å². The molecule has 0 fully saturated rings. The first-order valence-electron chi connectivity index (χ1n) is 4.68. The van der Waals surface area contributed by atoms with Crippen LogP contribution in [0.2, 0.25) is 5.02 Å². The van der Waals surface area contributed by atoms with Gasteiger partial charge < -0.3 is 0 Å². The molecule has 1 heterocycles. The molecule has 0 atom stereocenters. The van der Waals surface area contributed by atoms with E-state index in [2.05, 4.69) is 15.5 Å². The summed E-state index contributed by atoms with van der Waals surface area (Å²) in [5.41, 5.74) is 0.829. The first-order chi connectivity index (χ1) is 7.66. The van der Waals surface area contributed by atoms with Gasteiger partial charge in [-0.2, -0.15) is 0 Å². The second kappa shape index (κ2) is 4.40. The van der Waals surface area contributed by atoms with Crippen LogP contribution in [0.1, 0.15) is 6.92 Å². The molecule has 0 unspecified atom stereocenters. The third kappa shape index (κ3) is 2.25. The number of halogens is 1. The van der Waals surface area contributed by atoms with Gasteiger partial charge in [-0.25, -0.2) is 4.68 Å². The lowest BCUT2D eigenvalue weighted by Crippen LogP contribution is -2.09. The van der Waals surface area contributed by atoms with E-state index in [0.717, 1.165) is 5.56 Å². The number of carbonyl (C=O) groups is 1. The Bertz CT molecular complexity index is 506. The standard InChI is InChI=1S/C10H9ClN4O/c1-7(16)6-15-10(12-13-14-15)8-2-4-9(11)5-3-8/h2-5H,6H2,1H3. The molecule has 0 bridgehead atoms. The van der Waals surface area contributed by atoms with E-state index in [-0.39, 0.29) is 12.3 Å². The minimum absolute atomic E-state index is 0.00233. The Morgan fingerprint density at radius 1 is 1.38 bits per heavy atom. The number of ketones is 1. The minimum atomic E-state index is 0.00233. The minimum Gasteiger partial charge on any atom is -0.298 e. The van der Waals surface area contributed by atoms with Crippen molar-refractivity contribution in [3.8, 4) is 11.4 Å². The number of rotatable bonds is 3. The van der Waals surface area contributed by atoms with Crippen LogP contribution in [0, 0.1) is 0 Å². The number of tetrazole rings is 1. The summed E-state index contributed by atoms with van der Waals surface area (Å²) in [6, 6.07) is 7.13. The highest BCUT2D eigenvalue weighted by Gasteiger charge is 2.09. The predicted octanol–water partition coefficient (Wildman–Crippen LogP) is 1.58. The number of benzene rings is 1. The fourth-order valence-corrected chi connectivity index (χ4v) is 1.45. The lowest BCUT2D eigenvalue weighted by molar-refractivity contribution is -0.117.